The van der Waals surface area contributed by atoms with E-state index in [1.165, 1.54) is 6.07 Å². The van der Waals surface area contributed by atoms with Crippen molar-refractivity contribution >= 4 is 17.6 Å². The molecule has 1 unspecified atom stereocenters. The predicted octanol–water partition coefficient (Wildman–Crippen LogP) is 1.95. The number of pyridine rings is 1. The summed E-state index contributed by atoms with van der Waals surface area (Å²) in [5.74, 6) is -0.291. The third-order valence-corrected chi connectivity index (χ3v) is 6.21. The lowest BCUT2D eigenvalue weighted by Crippen LogP contribution is -2.53. The van der Waals surface area contributed by atoms with E-state index in [9.17, 15) is 14.0 Å². The molecule has 1 saturated heterocycles. The lowest BCUT2D eigenvalue weighted by atomic mass is 9.86. The van der Waals surface area contributed by atoms with Crippen molar-refractivity contribution in [2.75, 3.05) is 12.3 Å². The summed E-state index contributed by atoms with van der Waals surface area (Å²) < 4.78 is 14.2. The highest BCUT2D eigenvalue weighted by Crippen LogP contribution is 2.31. The maximum atomic E-state index is 14.2. The number of hydrogen-bond acceptors (Lipinski definition) is 5. The molecule has 164 valence electrons. The molecule has 5 N–H and O–H groups in total. The molecule has 2 aliphatic rings. The fraction of sp³-hybridized carbons (Fsp3) is 0.435. The Kier molecular flexibility index (Phi) is 6.18. The number of rotatable bonds is 5. The molecule has 1 aliphatic carbocycles. The highest BCUT2D eigenvalue weighted by atomic mass is 19.1. The van der Waals surface area contributed by atoms with E-state index in [-0.39, 0.29) is 29.6 Å². The highest BCUT2D eigenvalue weighted by molar-refractivity contribution is 5.89. The molecule has 0 spiro atoms. The number of benzene rings is 1. The number of piperidine rings is 1. The number of amides is 2. The smallest absolute Gasteiger partial charge is 0.242 e. The molecular formula is C23H28FN5O2. The van der Waals surface area contributed by atoms with Gasteiger partial charge in [0.15, 0.2) is 0 Å². The zero-order chi connectivity index (χ0) is 22.0. The van der Waals surface area contributed by atoms with E-state index in [0.717, 1.165) is 30.5 Å². The van der Waals surface area contributed by atoms with Crippen molar-refractivity contribution in [3.63, 3.8) is 0 Å². The van der Waals surface area contributed by atoms with Crippen LogP contribution in [0.5, 0.6) is 0 Å². The van der Waals surface area contributed by atoms with E-state index in [4.69, 9.17) is 5.73 Å². The number of nitrogen functional groups attached to an aromatic ring is 1. The summed E-state index contributed by atoms with van der Waals surface area (Å²) in [5, 5.41) is 8.99. The lowest BCUT2D eigenvalue weighted by molar-refractivity contribution is -0.130. The number of hydrogen-bond donors (Lipinski definition) is 4. The van der Waals surface area contributed by atoms with Crippen LogP contribution >= 0.6 is 0 Å². The Hall–Kier alpha value is -3.00. The third-order valence-electron chi connectivity index (χ3n) is 6.21. The number of aryl methyl sites for hydroxylation is 1. The number of fused-ring (bicyclic) bond motifs is 1. The minimum absolute atomic E-state index is 0.0303. The van der Waals surface area contributed by atoms with Crippen LogP contribution in [0, 0.1) is 5.82 Å². The third kappa shape index (κ3) is 4.69. The van der Waals surface area contributed by atoms with Crippen LogP contribution in [0.4, 0.5) is 10.2 Å². The topological polar surface area (TPSA) is 109 Å². The molecule has 4 atom stereocenters. The minimum Gasteiger partial charge on any atom is -0.384 e. The summed E-state index contributed by atoms with van der Waals surface area (Å²) in [7, 11) is 0. The Morgan fingerprint density at radius 3 is 2.81 bits per heavy atom. The lowest BCUT2D eigenvalue weighted by Gasteiger charge is -2.31. The molecule has 1 aromatic heterocycles. The van der Waals surface area contributed by atoms with Gasteiger partial charge in [-0.3, -0.25) is 9.59 Å². The van der Waals surface area contributed by atoms with Crippen LogP contribution in [-0.2, 0) is 16.0 Å². The molecule has 1 aliphatic heterocycles. The van der Waals surface area contributed by atoms with Gasteiger partial charge < -0.3 is 21.7 Å². The van der Waals surface area contributed by atoms with Gasteiger partial charge in [0.05, 0.1) is 12.1 Å². The van der Waals surface area contributed by atoms with Gasteiger partial charge in [-0.05, 0) is 68.3 Å². The summed E-state index contributed by atoms with van der Waals surface area (Å²) in [6.07, 6.45) is 2.77. The molecule has 2 aromatic rings. The summed E-state index contributed by atoms with van der Waals surface area (Å²) >= 11 is 0. The van der Waals surface area contributed by atoms with Gasteiger partial charge in [-0.2, -0.15) is 0 Å². The summed E-state index contributed by atoms with van der Waals surface area (Å²) in [6.45, 7) is 2.29. The van der Waals surface area contributed by atoms with Gasteiger partial charge in [-0.15, -0.1) is 0 Å². The number of anilines is 1. The van der Waals surface area contributed by atoms with Crippen LogP contribution in [0.1, 0.15) is 55.0 Å². The molecule has 1 aromatic carbocycles. The number of carbonyl (C=O) groups excluding carboxylic acids is 2. The SMILES string of the molecule is C[C@H](NC(=O)[C@H]1C[C@H](c2ccccc2F)CCN1)C(=O)NC1CCc2nc(N)ccc21. The van der Waals surface area contributed by atoms with Gasteiger partial charge in [0, 0.05) is 5.69 Å². The first-order valence-corrected chi connectivity index (χ1v) is 10.8. The van der Waals surface area contributed by atoms with Crippen LogP contribution in [0.2, 0.25) is 0 Å². The largest absolute Gasteiger partial charge is 0.384 e. The van der Waals surface area contributed by atoms with E-state index in [1.54, 1.807) is 25.1 Å². The van der Waals surface area contributed by atoms with Crippen LogP contribution in [0.25, 0.3) is 0 Å². The molecule has 1 fully saturated rings. The Balaban J connectivity index is 1.33. The summed E-state index contributed by atoms with van der Waals surface area (Å²) in [4.78, 5) is 29.8. The molecule has 4 rings (SSSR count). The normalized spacial score (nSPS) is 23.6. The zero-order valence-corrected chi connectivity index (χ0v) is 17.5. The maximum Gasteiger partial charge on any atom is 0.242 e. The van der Waals surface area contributed by atoms with Gasteiger partial charge in [0.1, 0.15) is 17.7 Å². The van der Waals surface area contributed by atoms with Crippen LogP contribution < -0.4 is 21.7 Å². The zero-order valence-electron chi connectivity index (χ0n) is 17.5. The quantitative estimate of drug-likeness (QED) is 0.586. The van der Waals surface area contributed by atoms with Crippen molar-refractivity contribution in [1.82, 2.24) is 20.9 Å². The van der Waals surface area contributed by atoms with Gasteiger partial charge in [-0.25, -0.2) is 9.37 Å². The average Bonchev–Trinajstić information content (AvgIpc) is 3.15. The molecule has 7 nitrogen and oxygen atoms in total. The number of aromatic nitrogens is 1. The van der Waals surface area contributed by atoms with E-state index < -0.39 is 12.1 Å². The molecule has 2 amide bonds. The molecule has 2 heterocycles. The van der Waals surface area contributed by atoms with Gasteiger partial charge in [0.2, 0.25) is 11.8 Å². The second kappa shape index (κ2) is 9.01. The summed E-state index contributed by atoms with van der Waals surface area (Å²) in [5.41, 5.74) is 8.26. The van der Waals surface area contributed by atoms with E-state index in [0.29, 0.717) is 24.3 Å². The fourth-order valence-electron chi connectivity index (χ4n) is 4.52. The van der Waals surface area contributed by atoms with Gasteiger partial charge in [0.25, 0.3) is 0 Å². The molecule has 8 heteroatoms. The molecule has 0 saturated carbocycles. The number of halogens is 1. The second-order valence-corrected chi connectivity index (χ2v) is 8.35. The van der Waals surface area contributed by atoms with E-state index in [2.05, 4.69) is 20.9 Å². The molecule has 0 bridgehead atoms. The number of nitrogens with two attached hydrogens (primary N) is 1. The van der Waals surface area contributed by atoms with E-state index >= 15 is 0 Å². The van der Waals surface area contributed by atoms with Crippen molar-refractivity contribution < 1.29 is 14.0 Å². The maximum absolute atomic E-state index is 14.2. The van der Waals surface area contributed by atoms with E-state index in [1.807, 2.05) is 12.1 Å². The number of carbonyl (C=O) groups is 2. The van der Waals surface area contributed by atoms with Gasteiger partial charge >= 0.3 is 0 Å². The van der Waals surface area contributed by atoms with Crippen molar-refractivity contribution in [3.8, 4) is 0 Å². The standard InChI is InChI=1S/C23H28FN5O2/c1-13(22(30)29-19-8-7-18-16(19)6-9-21(25)28-18)27-23(31)20-12-14(10-11-26-20)15-4-2-3-5-17(15)24/h2-6,9,13-14,19-20,26H,7-8,10-12H2,1H3,(H2,25,28)(H,27,31)(H,29,30)/t13-,14+,19?,20+/m0/s1. The second-order valence-electron chi connectivity index (χ2n) is 8.35. The first-order chi connectivity index (χ1) is 14.9. The number of nitrogens with zero attached hydrogens (tertiary/aromatic N) is 1. The summed E-state index contributed by atoms with van der Waals surface area (Å²) in [6, 6.07) is 9.05. The minimum atomic E-state index is -0.686. The highest BCUT2D eigenvalue weighted by Gasteiger charge is 2.31. The molecule has 31 heavy (non-hydrogen) atoms. The van der Waals surface area contributed by atoms with Crippen LogP contribution in [0.15, 0.2) is 36.4 Å². The predicted molar refractivity (Wildman–Crippen MR) is 116 cm³/mol. The average molecular weight is 426 g/mol. The molecular weight excluding hydrogens is 397 g/mol. The monoisotopic (exact) mass is 425 g/mol. The Bertz CT molecular complexity index is 982. The van der Waals surface area contributed by atoms with Crippen molar-refractivity contribution in [1.29, 1.82) is 0 Å². The van der Waals surface area contributed by atoms with Gasteiger partial charge in [-0.1, -0.05) is 24.3 Å². The number of nitrogens with one attached hydrogen (secondary N) is 3. The van der Waals surface area contributed by atoms with Crippen LogP contribution in [-0.4, -0.2) is 35.4 Å². The van der Waals surface area contributed by atoms with Crippen molar-refractivity contribution in [2.45, 2.75) is 56.7 Å². The van der Waals surface area contributed by atoms with Crippen molar-refractivity contribution in [2.24, 2.45) is 0 Å². The fourth-order valence-corrected chi connectivity index (χ4v) is 4.52. The van der Waals surface area contributed by atoms with Crippen LogP contribution in [0.3, 0.4) is 0 Å². The first-order valence-electron chi connectivity index (χ1n) is 10.8. The van der Waals surface area contributed by atoms with Crippen molar-refractivity contribution in [3.05, 3.63) is 59.0 Å². The Morgan fingerprint density at radius 2 is 2.00 bits per heavy atom. The Labute approximate surface area is 181 Å². The first kappa shape index (κ1) is 21.2. The molecule has 0 radical (unpaired) electrons. The Morgan fingerprint density at radius 1 is 1.19 bits per heavy atom.